The lowest BCUT2D eigenvalue weighted by atomic mass is 10.1. The second kappa shape index (κ2) is 10.3. The van der Waals surface area contributed by atoms with E-state index in [9.17, 15) is 4.79 Å². The molecule has 7 heteroatoms. The molecule has 0 aliphatic carbocycles. The number of ether oxygens (including phenoxy) is 1. The molecule has 0 spiro atoms. The molecule has 3 aromatic rings. The van der Waals surface area contributed by atoms with Gasteiger partial charge < -0.3 is 14.6 Å². The van der Waals surface area contributed by atoms with E-state index < -0.39 is 0 Å². The smallest absolute Gasteiger partial charge is 0.230 e. The van der Waals surface area contributed by atoms with Gasteiger partial charge in [0.25, 0.3) is 0 Å². The van der Waals surface area contributed by atoms with E-state index in [1.807, 2.05) is 67.8 Å². The first-order valence-corrected chi connectivity index (χ1v) is 11.1. The summed E-state index contributed by atoms with van der Waals surface area (Å²) in [6.07, 6.45) is -0.250. The Morgan fingerprint density at radius 2 is 1.93 bits per heavy atom. The van der Waals surface area contributed by atoms with Crippen LogP contribution < -0.4 is 10.1 Å². The van der Waals surface area contributed by atoms with Crippen LogP contribution in [-0.2, 0) is 17.9 Å². The van der Waals surface area contributed by atoms with Crippen molar-refractivity contribution in [1.82, 2.24) is 20.1 Å². The van der Waals surface area contributed by atoms with Gasteiger partial charge >= 0.3 is 0 Å². The topological polar surface area (TPSA) is 69.0 Å². The Labute approximate surface area is 182 Å². The lowest BCUT2D eigenvalue weighted by Crippen LogP contribution is -2.24. The van der Waals surface area contributed by atoms with E-state index in [1.54, 1.807) is 0 Å². The van der Waals surface area contributed by atoms with Crippen LogP contribution in [0.4, 0.5) is 0 Å². The van der Waals surface area contributed by atoms with Crippen LogP contribution >= 0.6 is 11.8 Å². The molecule has 1 aromatic heterocycles. The van der Waals surface area contributed by atoms with Crippen LogP contribution in [0.5, 0.6) is 5.75 Å². The van der Waals surface area contributed by atoms with E-state index in [1.165, 1.54) is 17.3 Å². The second-order valence-electron chi connectivity index (χ2n) is 7.17. The first-order chi connectivity index (χ1) is 14.5. The molecule has 1 heterocycles. The summed E-state index contributed by atoms with van der Waals surface area (Å²) in [4.78, 5) is 12.2. The number of carbonyl (C=O) groups is 1. The lowest BCUT2D eigenvalue weighted by Gasteiger charge is -2.17. The SMILES string of the molecule is CCn1c(SCC(=O)NCc2ccccc2)nnc1C(C)Oc1ccc(C)cc1C. The Hall–Kier alpha value is -2.80. The van der Waals surface area contributed by atoms with Gasteiger partial charge in [0.1, 0.15) is 5.75 Å². The van der Waals surface area contributed by atoms with Crippen LogP contribution in [0.3, 0.4) is 0 Å². The van der Waals surface area contributed by atoms with Gasteiger partial charge in [-0.25, -0.2) is 0 Å². The largest absolute Gasteiger partial charge is 0.482 e. The van der Waals surface area contributed by atoms with Crippen molar-refractivity contribution < 1.29 is 9.53 Å². The summed E-state index contributed by atoms with van der Waals surface area (Å²) in [5.74, 6) is 1.85. The highest BCUT2D eigenvalue weighted by Crippen LogP contribution is 2.27. The maximum atomic E-state index is 12.2. The highest BCUT2D eigenvalue weighted by atomic mass is 32.2. The number of aryl methyl sites for hydroxylation is 2. The Balaban J connectivity index is 1.59. The van der Waals surface area contributed by atoms with Crippen molar-refractivity contribution in [3.63, 3.8) is 0 Å². The summed E-state index contributed by atoms with van der Waals surface area (Å²) in [6, 6.07) is 16.0. The van der Waals surface area contributed by atoms with Crippen molar-refractivity contribution in [1.29, 1.82) is 0 Å². The molecule has 1 unspecified atom stereocenters. The average molecular weight is 425 g/mol. The predicted octanol–water partition coefficient (Wildman–Crippen LogP) is 4.46. The number of carbonyl (C=O) groups excluding carboxylic acids is 1. The van der Waals surface area contributed by atoms with Crippen molar-refractivity contribution in [3.8, 4) is 5.75 Å². The van der Waals surface area contributed by atoms with E-state index in [-0.39, 0.29) is 17.8 Å². The van der Waals surface area contributed by atoms with Gasteiger partial charge in [0.05, 0.1) is 5.75 Å². The first kappa shape index (κ1) is 21.9. The third-order valence-corrected chi connectivity index (χ3v) is 5.69. The highest BCUT2D eigenvalue weighted by molar-refractivity contribution is 7.99. The Morgan fingerprint density at radius 1 is 1.17 bits per heavy atom. The molecule has 1 N–H and O–H groups in total. The quantitative estimate of drug-likeness (QED) is 0.514. The fraction of sp³-hybridized carbons (Fsp3) is 0.348. The Kier molecular flexibility index (Phi) is 7.52. The molecule has 0 bridgehead atoms. The number of aromatic nitrogens is 3. The van der Waals surface area contributed by atoms with Gasteiger partial charge in [0.15, 0.2) is 17.1 Å². The first-order valence-electron chi connectivity index (χ1n) is 10.1. The van der Waals surface area contributed by atoms with E-state index in [0.717, 1.165) is 27.9 Å². The third kappa shape index (κ3) is 5.63. The monoisotopic (exact) mass is 424 g/mol. The molecule has 2 aromatic carbocycles. The number of thioether (sulfide) groups is 1. The maximum absolute atomic E-state index is 12.2. The van der Waals surface area contributed by atoms with Crippen LogP contribution in [0, 0.1) is 13.8 Å². The summed E-state index contributed by atoms with van der Waals surface area (Å²) < 4.78 is 8.15. The molecule has 0 saturated heterocycles. The van der Waals surface area contributed by atoms with Crippen LogP contribution in [-0.4, -0.2) is 26.4 Å². The predicted molar refractivity (Wildman–Crippen MR) is 120 cm³/mol. The van der Waals surface area contributed by atoms with Crippen LogP contribution in [0.15, 0.2) is 53.7 Å². The molecule has 0 aliphatic rings. The Morgan fingerprint density at radius 3 is 2.63 bits per heavy atom. The fourth-order valence-electron chi connectivity index (χ4n) is 3.16. The molecule has 0 saturated carbocycles. The molecule has 0 fully saturated rings. The van der Waals surface area contributed by atoms with Gasteiger partial charge in [-0.05, 0) is 44.9 Å². The summed E-state index contributed by atoms with van der Waals surface area (Å²) in [6.45, 7) is 9.33. The number of nitrogens with zero attached hydrogens (tertiary/aromatic N) is 3. The number of benzene rings is 2. The van der Waals surface area contributed by atoms with E-state index in [0.29, 0.717) is 13.1 Å². The number of hydrogen-bond acceptors (Lipinski definition) is 5. The maximum Gasteiger partial charge on any atom is 0.230 e. The van der Waals surface area contributed by atoms with Crippen molar-refractivity contribution in [2.45, 2.75) is 52.0 Å². The van der Waals surface area contributed by atoms with Crippen molar-refractivity contribution in [2.75, 3.05) is 5.75 Å². The zero-order chi connectivity index (χ0) is 21.5. The minimum absolute atomic E-state index is 0.0318. The van der Waals surface area contributed by atoms with Crippen LogP contribution in [0.1, 0.15) is 42.5 Å². The molecule has 0 aliphatic heterocycles. The van der Waals surface area contributed by atoms with Crippen molar-refractivity contribution in [3.05, 3.63) is 71.0 Å². The molecule has 6 nitrogen and oxygen atoms in total. The van der Waals surface area contributed by atoms with Gasteiger partial charge in [0.2, 0.25) is 5.91 Å². The molecule has 0 radical (unpaired) electrons. The third-order valence-electron chi connectivity index (χ3n) is 4.72. The standard InChI is InChI=1S/C23H28N4O2S/c1-5-27-22(18(4)29-20-12-11-16(2)13-17(20)3)25-26-23(27)30-15-21(28)24-14-19-9-7-6-8-10-19/h6-13,18H,5,14-15H2,1-4H3,(H,24,28). The molecule has 158 valence electrons. The average Bonchev–Trinajstić information content (AvgIpc) is 3.16. The number of hydrogen-bond donors (Lipinski definition) is 1. The summed E-state index contributed by atoms with van der Waals surface area (Å²) in [7, 11) is 0. The van der Waals surface area contributed by atoms with E-state index in [4.69, 9.17) is 4.74 Å². The molecular weight excluding hydrogens is 396 g/mol. The van der Waals surface area contributed by atoms with Gasteiger partial charge in [-0.15, -0.1) is 10.2 Å². The molecule has 1 atom stereocenters. The zero-order valence-corrected chi connectivity index (χ0v) is 18.7. The second-order valence-corrected chi connectivity index (χ2v) is 8.11. The zero-order valence-electron chi connectivity index (χ0n) is 17.9. The molecule has 3 rings (SSSR count). The van der Waals surface area contributed by atoms with Crippen LogP contribution in [0.25, 0.3) is 0 Å². The minimum atomic E-state index is -0.250. The molecule has 30 heavy (non-hydrogen) atoms. The van der Waals surface area contributed by atoms with Crippen LogP contribution in [0.2, 0.25) is 0 Å². The Bertz CT molecular complexity index is 988. The summed E-state index contributed by atoms with van der Waals surface area (Å²) >= 11 is 1.39. The normalized spacial score (nSPS) is 11.9. The van der Waals surface area contributed by atoms with E-state index in [2.05, 4.69) is 28.5 Å². The molecule has 1 amide bonds. The van der Waals surface area contributed by atoms with Crippen molar-refractivity contribution >= 4 is 17.7 Å². The van der Waals surface area contributed by atoms with Gasteiger partial charge in [0, 0.05) is 13.1 Å². The summed E-state index contributed by atoms with van der Waals surface area (Å²) in [5, 5.41) is 12.3. The highest BCUT2D eigenvalue weighted by Gasteiger charge is 2.20. The van der Waals surface area contributed by atoms with Gasteiger partial charge in [-0.3, -0.25) is 4.79 Å². The molecular formula is C23H28N4O2S. The number of rotatable bonds is 9. The van der Waals surface area contributed by atoms with Crippen molar-refractivity contribution in [2.24, 2.45) is 0 Å². The number of nitrogens with one attached hydrogen (secondary N) is 1. The van der Waals surface area contributed by atoms with E-state index >= 15 is 0 Å². The van der Waals surface area contributed by atoms with Gasteiger partial charge in [-0.1, -0.05) is 59.8 Å². The number of amides is 1. The minimum Gasteiger partial charge on any atom is -0.482 e. The lowest BCUT2D eigenvalue weighted by molar-refractivity contribution is -0.118. The van der Waals surface area contributed by atoms with Gasteiger partial charge in [-0.2, -0.15) is 0 Å². The summed E-state index contributed by atoms with van der Waals surface area (Å²) in [5.41, 5.74) is 3.37. The fourth-order valence-corrected chi connectivity index (χ4v) is 4.00.